The molecule has 0 saturated heterocycles. The summed E-state index contributed by atoms with van der Waals surface area (Å²) in [6.45, 7) is 0.781. The average molecular weight is 374 g/mol. The van der Waals surface area contributed by atoms with Crippen LogP contribution in [0.4, 0.5) is 0 Å². The lowest BCUT2D eigenvalue weighted by atomic mass is 10.0. The van der Waals surface area contributed by atoms with Crippen molar-refractivity contribution in [2.24, 2.45) is 0 Å². The number of aliphatic hydroxyl groups is 1. The Morgan fingerprint density at radius 2 is 2.25 bits per heavy atom. The Labute approximate surface area is 135 Å². The predicted octanol–water partition coefficient (Wildman–Crippen LogP) is 4.77. The fraction of sp³-hybridized carbons (Fsp3) is 0.333. The molecular formula is C15H14BrClO2S. The molecule has 0 bridgehead atoms. The standard InChI is InChI=1S/C15H14BrClO2S/c16-11-8-14(20-15(11)17)12(18)3-1-9-2-4-13-10(7-9)5-6-19-13/h2,4,7-8,12,18H,1,3,5-6H2. The molecular weight excluding hydrogens is 360 g/mol. The molecule has 0 fully saturated rings. The lowest BCUT2D eigenvalue weighted by Gasteiger charge is -2.09. The number of benzene rings is 1. The molecule has 1 aliphatic heterocycles. The fourth-order valence-corrected chi connectivity index (χ4v) is 4.13. The zero-order chi connectivity index (χ0) is 14.1. The quantitative estimate of drug-likeness (QED) is 0.837. The average Bonchev–Trinajstić information content (AvgIpc) is 3.03. The normalized spacial score (nSPS) is 14.9. The van der Waals surface area contributed by atoms with Crippen molar-refractivity contribution in [2.45, 2.75) is 25.4 Å². The number of hydrogen-bond acceptors (Lipinski definition) is 3. The van der Waals surface area contributed by atoms with Gasteiger partial charge in [0.15, 0.2) is 0 Å². The van der Waals surface area contributed by atoms with E-state index >= 15 is 0 Å². The number of thiophene rings is 1. The molecule has 1 aromatic carbocycles. The Kier molecular flexibility index (Phi) is 4.36. The number of halogens is 2. The molecule has 1 N–H and O–H groups in total. The van der Waals surface area contributed by atoms with Gasteiger partial charge in [-0.2, -0.15) is 0 Å². The van der Waals surface area contributed by atoms with Gasteiger partial charge in [-0.05, 0) is 52.0 Å². The Morgan fingerprint density at radius 3 is 3.00 bits per heavy atom. The van der Waals surface area contributed by atoms with Gasteiger partial charge in [0.25, 0.3) is 0 Å². The van der Waals surface area contributed by atoms with Gasteiger partial charge in [0, 0.05) is 15.8 Å². The van der Waals surface area contributed by atoms with Gasteiger partial charge < -0.3 is 9.84 Å². The van der Waals surface area contributed by atoms with E-state index in [9.17, 15) is 5.11 Å². The van der Waals surface area contributed by atoms with Crippen LogP contribution in [0.15, 0.2) is 28.7 Å². The number of fused-ring (bicyclic) bond motifs is 1. The number of rotatable bonds is 4. The molecule has 5 heteroatoms. The van der Waals surface area contributed by atoms with Crippen LogP contribution in [-0.4, -0.2) is 11.7 Å². The third-order valence-electron chi connectivity index (χ3n) is 3.45. The lowest BCUT2D eigenvalue weighted by molar-refractivity contribution is 0.171. The zero-order valence-electron chi connectivity index (χ0n) is 10.7. The molecule has 3 rings (SSSR count). The van der Waals surface area contributed by atoms with Crippen LogP contribution in [0.25, 0.3) is 0 Å². The molecule has 20 heavy (non-hydrogen) atoms. The van der Waals surface area contributed by atoms with Gasteiger partial charge >= 0.3 is 0 Å². The van der Waals surface area contributed by atoms with Gasteiger partial charge in [-0.3, -0.25) is 0 Å². The smallest absolute Gasteiger partial charge is 0.122 e. The van der Waals surface area contributed by atoms with Gasteiger partial charge in [0.2, 0.25) is 0 Å². The summed E-state index contributed by atoms with van der Waals surface area (Å²) in [6.07, 6.45) is 2.07. The summed E-state index contributed by atoms with van der Waals surface area (Å²) in [4.78, 5) is 0.909. The van der Waals surface area contributed by atoms with Crippen LogP contribution in [0.3, 0.4) is 0 Å². The lowest BCUT2D eigenvalue weighted by Crippen LogP contribution is -1.97. The van der Waals surface area contributed by atoms with Gasteiger partial charge in [-0.15, -0.1) is 11.3 Å². The van der Waals surface area contributed by atoms with E-state index in [1.165, 1.54) is 22.5 Å². The van der Waals surface area contributed by atoms with E-state index < -0.39 is 6.10 Å². The van der Waals surface area contributed by atoms with Gasteiger partial charge in [-0.25, -0.2) is 0 Å². The highest BCUT2D eigenvalue weighted by molar-refractivity contribution is 9.10. The van der Waals surface area contributed by atoms with E-state index in [4.69, 9.17) is 16.3 Å². The Bertz CT molecular complexity index is 607. The molecule has 0 amide bonds. The monoisotopic (exact) mass is 372 g/mol. The van der Waals surface area contributed by atoms with Crippen LogP contribution in [0.2, 0.25) is 4.34 Å². The highest BCUT2D eigenvalue weighted by Gasteiger charge is 2.15. The first-order chi connectivity index (χ1) is 9.63. The summed E-state index contributed by atoms with van der Waals surface area (Å²) in [5.74, 6) is 1.00. The van der Waals surface area contributed by atoms with Crippen molar-refractivity contribution >= 4 is 38.9 Å². The molecule has 106 valence electrons. The molecule has 2 aromatic rings. The molecule has 2 heterocycles. The van der Waals surface area contributed by atoms with Crippen LogP contribution < -0.4 is 4.74 Å². The van der Waals surface area contributed by atoms with E-state index in [1.807, 2.05) is 12.1 Å². The molecule has 1 atom stereocenters. The van der Waals surface area contributed by atoms with E-state index in [2.05, 4.69) is 28.1 Å². The number of hydrogen-bond donors (Lipinski definition) is 1. The number of aryl methyl sites for hydroxylation is 1. The first-order valence-corrected chi connectivity index (χ1v) is 8.49. The topological polar surface area (TPSA) is 29.5 Å². The molecule has 1 aliphatic rings. The predicted molar refractivity (Wildman–Crippen MR) is 86.0 cm³/mol. The molecule has 2 nitrogen and oxygen atoms in total. The summed E-state index contributed by atoms with van der Waals surface area (Å²) in [5, 5.41) is 10.2. The first kappa shape index (κ1) is 14.4. The summed E-state index contributed by atoms with van der Waals surface area (Å²) < 4.78 is 7.04. The Morgan fingerprint density at radius 1 is 1.40 bits per heavy atom. The second kappa shape index (κ2) is 6.06. The van der Waals surface area contributed by atoms with E-state index in [-0.39, 0.29) is 0 Å². The largest absolute Gasteiger partial charge is 0.493 e. The molecule has 0 spiro atoms. The van der Waals surface area contributed by atoms with E-state index in [1.54, 1.807) is 0 Å². The Balaban J connectivity index is 1.64. The summed E-state index contributed by atoms with van der Waals surface area (Å²) in [6, 6.07) is 8.19. The van der Waals surface area contributed by atoms with Crippen molar-refractivity contribution in [3.63, 3.8) is 0 Å². The van der Waals surface area contributed by atoms with Gasteiger partial charge in [0.05, 0.1) is 12.7 Å². The minimum atomic E-state index is -0.465. The summed E-state index contributed by atoms with van der Waals surface area (Å²) >= 11 is 10.8. The Hall–Kier alpha value is -0.550. The number of aliphatic hydroxyl groups excluding tert-OH is 1. The SMILES string of the molecule is OC(CCc1ccc2c(c1)CCO2)c1cc(Br)c(Cl)s1. The van der Waals surface area contributed by atoms with Crippen LogP contribution in [0.1, 0.15) is 28.5 Å². The molecule has 1 aromatic heterocycles. The highest BCUT2D eigenvalue weighted by Crippen LogP contribution is 2.36. The van der Waals surface area contributed by atoms with Crippen molar-refractivity contribution in [1.29, 1.82) is 0 Å². The van der Waals surface area contributed by atoms with Crippen LogP contribution in [0, 0.1) is 0 Å². The van der Waals surface area contributed by atoms with E-state index in [0.717, 1.165) is 34.5 Å². The van der Waals surface area contributed by atoms with Crippen LogP contribution >= 0.6 is 38.9 Å². The van der Waals surface area contributed by atoms with Crippen LogP contribution in [0.5, 0.6) is 5.75 Å². The van der Waals surface area contributed by atoms with Crippen molar-refractivity contribution < 1.29 is 9.84 Å². The molecule has 0 saturated carbocycles. The minimum Gasteiger partial charge on any atom is -0.493 e. The maximum atomic E-state index is 10.2. The van der Waals surface area contributed by atoms with Gasteiger partial charge in [-0.1, -0.05) is 23.7 Å². The highest BCUT2D eigenvalue weighted by atomic mass is 79.9. The first-order valence-electron chi connectivity index (χ1n) is 6.51. The molecule has 0 radical (unpaired) electrons. The van der Waals surface area contributed by atoms with Crippen molar-refractivity contribution in [1.82, 2.24) is 0 Å². The minimum absolute atomic E-state index is 0.465. The van der Waals surface area contributed by atoms with Crippen LogP contribution in [-0.2, 0) is 12.8 Å². The maximum Gasteiger partial charge on any atom is 0.122 e. The summed E-state index contributed by atoms with van der Waals surface area (Å²) in [5.41, 5.74) is 2.52. The zero-order valence-corrected chi connectivity index (χ0v) is 13.9. The second-order valence-corrected chi connectivity index (χ2v) is 7.41. The molecule has 1 unspecified atom stereocenters. The van der Waals surface area contributed by atoms with E-state index in [0.29, 0.717) is 10.8 Å². The summed E-state index contributed by atoms with van der Waals surface area (Å²) in [7, 11) is 0. The fourth-order valence-electron chi connectivity index (χ4n) is 2.37. The maximum absolute atomic E-state index is 10.2. The second-order valence-electron chi connectivity index (χ2n) is 4.87. The number of ether oxygens (including phenoxy) is 1. The van der Waals surface area contributed by atoms with Crippen molar-refractivity contribution in [2.75, 3.05) is 6.61 Å². The van der Waals surface area contributed by atoms with Gasteiger partial charge in [0.1, 0.15) is 10.1 Å². The van der Waals surface area contributed by atoms with Crippen molar-refractivity contribution in [3.8, 4) is 5.75 Å². The molecule has 0 aliphatic carbocycles. The third kappa shape index (κ3) is 3.03. The third-order valence-corrected chi connectivity index (χ3v) is 6.03. The van der Waals surface area contributed by atoms with Crippen molar-refractivity contribution in [3.05, 3.63) is 49.1 Å².